The Bertz CT molecular complexity index is 796. The van der Waals surface area contributed by atoms with Crippen LogP contribution in [0.25, 0.3) is 10.9 Å². The molecule has 1 aliphatic rings. The number of H-pyrrole nitrogens is 1. The number of nitrogens with one attached hydrogen (secondary N) is 3. The third-order valence-electron chi connectivity index (χ3n) is 4.92. The maximum Gasteiger partial charge on any atom is 0.401 e. The fourth-order valence-electron chi connectivity index (χ4n) is 3.70. The Kier molecular flexibility index (Phi) is 5.94. The zero-order chi connectivity index (χ0) is 19.4. The minimum Gasteiger partial charge on any atom is -0.361 e. The van der Waals surface area contributed by atoms with Gasteiger partial charge in [-0.15, -0.1) is 0 Å². The molecule has 1 atom stereocenters. The Morgan fingerprint density at radius 2 is 2.19 bits per heavy atom. The van der Waals surface area contributed by atoms with E-state index in [-0.39, 0.29) is 6.04 Å². The summed E-state index contributed by atoms with van der Waals surface area (Å²) in [7, 11) is 1.67. The average Bonchev–Trinajstić information content (AvgIpc) is 3.20. The maximum atomic E-state index is 12.5. The van der Waals surface area contributed by atoms with Crippen molar-refractivity contribution >= 4 is 16.9 Å². The highest BCUT2D eigenvalue weighted by Gasteiger charge is 2.34. The number of hydrogen-bond donors (Lipinski definition) is 3. The van der Waals surface area contributed by atoms with Gasteiger partial charge in [0, 0.05) is 49.8 Å². The fraction of sp³-hybridized carbons (Fsp3) is 0.526. The quantitative estimate of drug-likeness (QED) is 0.552. The van der Waals surface area contributed by atoms with Gasteiger partial charge in [0.2, 0.25) is 0 Å². The second-order valence-corrected chi connectivity index (χ2v) is 7.04. The number of halogens is 3. The Hall–Kier alpha value is -2.22. The first-order valence-electron chi connectivity index (χ1n) is 9.17. The van der Waals surface area contributed by atoms with E-state index in [1.165, 1.54) is 21.4 Å². The zero-order valence-electron chi connectivity index (χ0n) is 15.7. The Morgan fingerprint density at radius 1 is 1.37 bits per heavy atom. The summed E-state index contributed by atoms with van der Waals surface area (Å²) in [5, 5.41) is 7.75. The molecule has 0 radical (unpaired) electrons. The molecule has 3 N–H and O–H groups in total. The van der Waals surface area contributed by atoms with Crippen molar-refractivity contribution in [2.24, 2.45) is 4.99 Å². The fourth-order valence-corrected chi connectivity index (χ4v) is 3.70. The van der Waals surface area contributed by atoms with Gasteiger partial charge in [-0.3, -0.25) is 9.89 Å². The predicted octanol–water partition coefficient (Wildman–Crippen LogP) is 2.82. The number of hydrogen-bond acceptors (Lipinski definition) is 2. The van der Waals surface area contributed by atoms with Crippen LogP contribution < -0.4 is 10.6 Å². The number of aromatic nitrogens is 1. The third-order valence-corrected chi connectivity index (χ3v) is 4.92. The molecule has 0 spiro atoms. The molecule has 1 saturated heterocycles. The molecule has 1 aromatic heterocycles. The van der Waals surface area contributed by atoms with Gasteiger partial charge < -0.3 is 15.6 Å². The average molecular weight is 381 g/mol. The van der Waals surface area contributed by atoms with Gasteiger partial charge in [0.25, 0.3) is 0 Å². The smallest absolute Gasteiger partial charge is 0.361 e. The standard InChI is InChI=1S/C19H26F3N5/c1-13-4-3-5-16-17(13)14(10-25-16)6-8-24-18(23-2)26-15-7-9-27(11-15)12-19(20,21)22/h3-5,10,15,25H,6-9,11-12H2,1-2H3,(H2,23,24,26). The molecule has 0 amide bonds. The summed E-state index contributed by atoms with van der Waals surface area (Å²) in [5.74, 6) is 0.630. The molecule has 2 heterocycles. The van der Waals surface area contributed by atoms with Crippen molar-refractivity contribution in [3.05, 3.63) is 35.5 Å². The van der Waals surface area contributed by atoms with Gasteiger partial charge in [-0.2, -0.15) is 13.2 Å². The number of aliphatic imine (C=N–C) groups is 1. The van der Waals surface area contributed by atoms with Crippen LogP contribution in [0.1, 0.15) is 17.5 Å². The van der Waals surface area contributed by atoms with Crippen LogP contribution in [0.4, 0.5) is 13.2 Å². The van der Waals surface area contributed by atoms with Gasteiger partial charge in [0.15, 0.2) is 5.96 Å². The summed E-state index contributed by atoms with van der Waals surface area (Å²) in [6.45, 7) is 2.77. The van der Waals surface area contributed by atoms with E-state index in [2.05, 4.69) is 39.7 Å². The van der Waals surface area contributed by atoms with Crippen LogP contribution in [0.3, 0.4) is 0 Å². The molecule has 0 saturated carbocycles. The number of guanidine groups is 1. The van der Waals surface area contributed by atoms with E-state index in [4.69, 9.17) is 0 Å². The molecule has 8 heteroatoms. The number of aromatic amines is 1. The minimum atomic E-state index is -4.15. The van der Waals surface area contributed by atoms with Crippen molar-refractivity contribution in [3.63, 3.8) is 0 Å². The van der Waals surface area contributed by atoms with Crippen molar-refractivity contribution in [2.45, 2.75) is 32.0 Å². The number of nitrogens with zero attached hydrogens (tertiary/aromatic N) is 2. The second kappa shape index (κ2) is 8.21. The highest BCUT2D eigenvalue weighted by atomic mass is 19.4. The van der Waals surface area contributed by atoms with Crippen molar-refractivity contribution in [2.75, 3.05) is 33.2 Å². The Morgan fingerprint density at radius 3 is 2.93 bits per heavy atom. The van der Waals surface area contributed by atoms with Crippen LogP contribution in [0.15, 0.2) is 29.4 Å². The summed E-state index contributed by atoms with van der Waals surface area (Å²) < 4.78 is 37.5. The molecule has 148 valence electrons. The molecular weight excluding hydrogens is 355 g/mol. The summed E-state index contributed by atoms with van der Waals surface area (Å²) in [4.78, 5) is 8.92. The second-order valence-electron chi connectivity index (χ2n) is 7.04. The molecule has 1 unspecified atom stereocenters. The van der Waals surface area contributed by atoms with E-state index in [0.717, 1.165) is 11.9 Å². The van der Waals surface area contributed by atoms with Gasteiger partial charge in [-0.1, -0.05) is 12.1 Å². The van der Waals surface area contributed by atoms with Crippen LogP contribution in [-0.4, -0.2) is 61.3 Å². The lowest BCUT2D eigenvalue weighted by Gasteiger charge is -2.19. The number of rotatable bonds is 5. The number of alkyl halides is 3. The van der Waals surface area contributed by atoms with E-state index in [1.807, 2.05) is 12.3 Å². The monoisotopic (exact) mass is 381 g/mol. The lowest BCUT2D eigenvalue weighted by Crippen LogP contribution is -2.45. The number of benzene rings is 1. The van der Waals surface area contributed by atoms with E-state index >= 15 is 0 Å². The lowest BCUT2D eigenvalue weighted by molar-refractivity contribution is -0.143. The van der Waals surface area contributed by atoms with Crippen molar-refractivity contribution in [1.82, 2.24) is 20.5 Å². The first kappa shape index (κ1) is 19.5. The van der Waals surface area contributed by atoms with Crippen LogP contribution in [0.5, 0.6) is 0 Å². The van der Waals surface area contributed by atoms with Crippen LogP contribution in [-0.2, 0) is 6.42 Å². The Balaban J connectivity index is 1.48. The first-order chi connectivity index (χ1) is 12.9. The molecular formula is C19H26F3N5. The molecule has 1 aromatic carbocycles. The van der Waals surface area contributed by atoms with Crippen LogP contribution in [0.2, 0.25) is 0 Å². The molecule has 1 aliphatic heterocycles. The number of likely N-dealkylation sites (tertiary alicyclic amines) is 1. The molecule has 1 fully saturated rings. The predicted molar refractivity (Wildman–Crippen MR) is 102 cm³/mol. The molecule has 3 rings (SSSR count). The van der Waals surface area contributed by atoms with Gasteiger partial charge in [-0.05, 0) is 37.0 Å². The van der Waals surface area contributed by atoms with Gasteiger partial charge >= 0.3 is 6.18 Å². The molecule has 2 aromatic rings. The maximum absolute atomic E-state index is 12.5. The van der Waals surface area contributed by atoms with E-state index in [0.29, 0.717) is 32.0 Å². The lowest BCUT2D eigenvalue weighted by atomic mass is 10.1. The highest BCUT2D eigenvalue weighted by Crippen LogP contribution is 2.22. The normalized spacial score (nSPS) is 19.0. The van der Waals surface area contributed by atoms with Gasteiger partial charge in [0.1, 0.15) is 0 Å². The number of aryl methyl sites for hydroxylation is 1. The molecule has 5 nitrogen and oxygen atoms in total. The topological polar surface area (TPSA) is 55.5 Å². The van der Waals surface area contributed by atoms with Crippen LogP contribution in [0, 0.1) is 6.92 Å². The largest absolute Gasteiger partial charge is 0.401 e. The molecule has 0 bridgehead atoms. The minimum absolute atomic E-state index is 0.0196. The van der Waals surface area contributed by atoms with E-state index < -0.39 is 12.7 Å². The molecule has 0 aliphatic carbocycles. The van der Waals surface area contributed by atoms with Crippen molar-refractivity contribution < 1.29 is 13.2 Å². The van der Waals surface area contributed by atoms with Crippen molar-refractivity contribution in [3.8, 4) is 0 Å². The summed E-state index contributed by atoms with van der Waals surface area (Å²) in [6, 6.07) is 6.17. The van der Waals surface area contributed by atoms with E-state index in [1.54, 1.807) is 7.05 Å². The first-order valence-corrected chi connectivity index (χ1v) is 9.17. The summed E-state index contributed by atoms with van der Waals surface area (Å²) in [6.07, 6.45) is -0.608. The summed E-state index contributed by atoms with van der Waals surface area (Å²) in [5.41, 5.74) is 3.61. The Labute approximate surface area is 157 Å². The zero-order valence-corrected chi connectivity index (χ0v) is 15.7. The SMILES string of the molecule is CN=C(NCCc1c[nH]c2cccc(C)c12)NC1CCN(CC(F)(F)F)C1. The third kappa shape index (κ3) is 5.15. The molecule has 27 heavy (non-hydrogen) atoms. The summed E-state index contributed by atoms with van der Waals surface area (Å²) >= 11 is 0. The van der Waals surface area contributed by atoms with Crippen molar-refractivity contribution in [1.29, 1.82) is 0 Å². The van der Waals surface area contributed by atoms with Gasteiger partial charge in [0.05, 0.1) is 6.54 Å². The van der Waals surface area contributed by atoms with E-state index in [9.17, 15) is 13.2 Å². The number of fused-ring (bicyclic) bond motifs is 1. The van der Waals surface area contributed by atoms with Crippen LogP contribution >= 0.6 is 0 Å². The highest BCUT2D eigenvalue weighted by molar-refractivity contribution is 5.86. The van der Waals surface area contributed by atoms with Gasteiger partial charge in [-0.25, -0.2) is 0 Å².